The topological polar surface area (TPSA) is 72.6 Å². The summed E-state index contributed by atoms with van der Waals surface area (Å²) in [7, 11) is -1.00. The number of hydrogen-bond donors (Lipinski definition) is 0. The molecule has 366 valence electrons. The van der Waals surface area contributed by atoms with Crippen LogP contribution in [0.2, 0.25) is 0 Å². The van der Waals surface area contributed by atoms with Crippen LogP contribution in [-0.4, -0.2) is 55.7 Å². The number of rotatable bonds is 6. The van der Waals surface area contributed by atoms with E-state index in [1.165, 1.54) is 60.8 Å². The van der Waals surface area contributed by atoms with Crippen LogP contribution in [0.1, 0.15) is 104 Å². The molecule has 0 amide bonds. The Morgan fingerprint density at radius 2 is 1.05 bits per heavy atom. The second-order valence-electron chi connectivity index (χ2n) is 24.1. The summed E-state index contributed by atoms with van der Waals surface area (Å²) in [6.45, 7) is 24.4. The van der Waals surface area contributed by atoms with Crippen LogP contribution in [-0.2, 0) is 35.9 Å². The molecule has 74 heavy (non-hydrogen) atoms. The van der Waals surface area contributed by atoms with Gasteiger partial charge in [-0.2, -0.15) is 0 Å². The average molecular weight is 971 g/mol. The molecular formula is C64H60B2N4O4. The fourth-order valence-electron chi connectivity index (χ4n) is 13.1. The number of fused-ring (bicyclic) bond motifs is 12. The Labute approximate surface area is 434 Å². The van der Waals surface area contributed by atoms with E-state index in [0.717, 1.165) is 55.4 Å². The summed E-state index contributed by atoms with van der Waals surface area (Å²) >= 11 is 0. The molecule has 0 bridgehead atoms. The monoisotopic (exact) mass is 970 g/mol. The highest BCUT2D eigenvalue weighted by molar-refractivity contribution is 6.64. The standard InChI is InChI=1S/C64H60B2N4O4/c1-59(2)48-31-28-40(35-47(48)42-29-26-39(34-50(42)59)65-71-61(5,6)62(7,8)72-65)70-54-25-14-18-38(55(54)46-21-17-33-68-58(46)70)37-64(11)63(9,10)73-66(74-64)52-23-15-22-49-56(52)45-30-27-41(36-51(45)60(49,3)4)69-53-24-13-12-19-43(53)44-20-16-32-67-57(44)69/h12-36H,37H2,1-11H3. The van der Waals surface area contributed by atoms with Crippen molar-refractivity contribution in [2.45, 2.75) is 116 Å². The predicted molar refractivity (Wildman–Crippen MR) is 302 cm³/mol. The Bertz CT molecular complexity index is 3980. The summed E-state index contributed by atoms with van der Waals surface area (Å²) in [5.41, 5.74) is 17.0. The van der Waals surface area contributed by atoms with E-state index < -0.39 is 36.6 Å². The summed E-state index contributed by atoms with van der Waals surface area (Å²) in [5, 5.41) is 4.64. The van der Waals surface area contributed by atoms with Gasteiger partial charge in [-0.1, -0.05) is 107 Å². The van der Waals surface area contributed by atoms with Crippen molar-refractivity contribution in [3.63, 3.8) is 0 Å². The van der Waals surface area contributed by atoms with Gasteiger partial charge in [0.1, 0.15) is 11.3 Å². The van der Waals surface area contributed by atoms with Crippen LogP contribution in [0, 0.1) is 0 Å². The maximum absolute atomic E-state index is 7.39. The van der Waals surface area contributed by atoms with E-state index in [1.54, 1.807) is 0 Å². The molecule has 1 atom stereocenters. The molecule has 8 nitrogen and oxygen atoms in total. The van der Waals surface area contributed by atoms with Crippen molar-refractivity contribution in [1.82, 2.24) is 19.1 Å². The van der Waals surface area contributed by atoms with Crippen LogP contribution in [0.15, 0.2) is 152 Å². The molecule has 6 heterocycles. The van der Waals surface area contributed by atoms with Gasteiger partial charge in [0, 0.05) is 62.6 Å². The molecule has 10 heteroatoms. The summed E-state index contributed by atoms with van der Waals surface area (Å²) in [5.74, 6) is 0. The molecule has 0 saturated carbocycles. The minimum atomic E-state index is -0.697. The summed E-state index contributed by atoms with van der Waals surface area (Å²) in [4.78, 5) is 9.99. The van der Waals surface area contributed by atoms with E-state index in [1.807, 2.05) is 18.5 Å². The molecular weight excluding hydrogens is 910 g/mol. The molecule has 2 aliphatic carbocycles. The second kappa shape index (κ2) is 15.2. The molecule has 1 unspecified atom stereocenters. The van der Waals surface area contributed by atoms with Crippen molar-refractivity contribution in [3.05, 3.63) is 180 Å². The van der Waals surface area contributed by atoms with Gasteiger partial charge in [-0.15, -0.1) is 0 Å². The van der Waals surface area contributed by atoms with Crippen LogP contribution in [0.4, 0.5) is 0 Å². The predicted octanol–water partition coefficient (Wildman–Crippen LogP) is 13.1. The third-order valence-electron chi connectivity index (χ3n) is 18.3. The summed E-state index contributed by atoms with van der Waals surface area (Å²) in [6.07, 6.45) is 4.42. The summed E-state index contributed by atoms with van der Waals surface area (Å²) in [6, 6.07) is 51.0. The molecule has 2 fully saturated rings. The van der Waals surface area contributed by atoms with Crippen molar-refractivity contribution in [2.24, 2.45) is 0 Å². The van der Waals surface area contributed by atoms with Gasteiger partial charge in [0.05, 0.1) is 33.4 Å². The molecule has 4 aliphatic rings. The van der Waals surface area contributed by atoms with Gasteiger partial charge in [-0.05, 0) is 170 Å². The van der Waals surface area contributed by atoms with Crippen LogP contribution >= 0.6 is 0 Å². The van der Waals surface area contributed by atoms with E-state index in [9.17, 15) is 0 Å². The molecule has 0 spiro atoms. The Hall–Kier alpha value is -6.81. The van der Waals surface area contributed by atoms with Gasteiger partial charge in [-0.3, -0.25) is 9.13 Å². The highest BCUT2D eigenvalue weighted by Crippen LogP contribution is 2.52. The van der Waals surface area contributed by atoms with E-state index in [0.29, 0.717) is 6.42 Å². The maximum Gasteiger partial charge on any atom is 0.495 e. The van der Waals surface area contributed by atoms with Crippen LogP contribution in [0.25, 0.3) is 77.5 Å². The van der Waals surface area contributed by atoms with Crippen molar-refractivity contribution >= 4 is 69.0 Å². The molecule has 6 aromatic carbocycles. The number of para-hydroxylation sites is 1. The molecule has 2 saturated heterocycles. The molecule has 14 rings (SSSR count). The quantitative estimate of drug-likeness (QED) is 0.155. The maximum atomic E-state index is 7.39. The van der Waals surface area contributed by atoms with Gasteiger partial charge < -0.3 is 18.6 Å². The first-order chi connectivity index (χ1) is 35.3. The fourth-order valence-corrected chi connectivity index (χ4v) is 13.1. The lowest BCUT2D eigenvalue weighted by molar-refractivity contribution is -0.00853. The molecule has 2 aliphatic heterocycles. The lowest BCUT2D eigenvalue weighted by atomic mass is 9.73. The minimum absolute atomic E-state index is 0.214. The highest BCUT2D eigenvalue weighted by Gasteiger charge is 2.56. The number of aromatic nitrogens is 4. The largest absolute Gasteiger partial charge is 0.495 e. The third kappa shape index (κ3) is 6.20. The first-order valence-electron chi connectivity index (χ1n) is 26.3. The van der Waals surface area contributed by atoms with Crippen LogP contribution < -0.4 is 10.9 Å². The van der Waals surface area contributed by atoms with Gasteiger partial charge in [0.2, 0.25) is 0 Å². The van der Waals surface area contributed by atoms with Gasteiger partial charge in [0.15, 0.2) is 0 Å². The highest BCUT2D eigenvalue weighted by atomic mass is 16.7. The zero-order valence-electron chi connectivity index (χ0n) is 44.2. The first kappa shape index (κ1) is 45.8. The Balaban J connectivity index is 0.817. The molecule has 10 aromatic rings. The van der Waals surface area contributed by atoms with Crippen LogP contribution in [0.3, 0.4) is 0 Å². The van der Waals surface area contributed by atoms with E-state index in [4.69, 9.17) is 28.6 Å². The van der Waals surface area contributed by atoms with E-state index in [-0.39, 0.29) is 10.8 Å². The zero-order valence-corrected chi connectivity index (χ0v) is 44.2. The fraction of sp³-hybridized carbons (Fsp3) is 0.281. The smallest absolute Gasteiger partial charge is 0.399 e. The van der Waals surface area contributed by atoms with Crippen molar-refractivity contribution in [3.8, 4) is 33.6 Å². The van der Waals surface area contributed by atoms with Gasteiger partial charge >= 0.3 is 14.2 Å². The number of hydrogen-bond acceptors (Lipinski definition) is 6. The number of pyridine rings is 2. The Morgan fingerprint density at radius 3 is 1.84 bits per heavy atom. The third-order valence-corrected chi connectivity index (χ3v) is 18.3. The minimum Gasteiger partial charge on any atom is -0.399 e. The lowest BCUT2D eigenvalue weighted by Crippen LogP contribution is -2.46. The normalized spacial score (nSPS) is 20.5. The first-order valence-corrected chi connectivity index (χ1v) is 26.3. The van der Waals surface area contributed by atoms with Gasteiger partial charge in [0.25, 0.3) is 0 Å². The zero-order chi connectivity index (χ0) is 51.1. The Kier molecular flexibility index (Phi) is 9.38. The molecule has 0 N–H and O–H groups in total. The Morgan fingerprint density at radius 1 is 0.446 bits per heavy atom. The van der Waals surface area contributed by atoms with E-state index >= 15 is 0 Å². The van der Waals surface area contributed by atoms with Crippen molar-refractivity contribution < 1.29 is 18.6 Å². The SMILES string of the molecule is CC1(C)c2ccc(-n3c4cccc(CC5(C)OB(c6cccc7c6-c6ccc(-n8c9ccccc9c9cccnc98)cc6C7(C)C)OC5(C)C)c4c4cccnc43)cc2-c2ccc(B3OC(C)(C)C(C)(C)O3)cc21. The van der Waals surface area contributed by atoms with Crippen molar-refractivity contribution in [2.75, 3.05) is 0 Å². The number of nitrogens with zero attached hydrogens (tertiary/aromatic N) is 4. The summed E-state index contributed by atoms with van der Waals surface area (Å²) < 4.78 is 32.2. The molecule has 0 radical (unpaired) electrons. The average Bonchev–Trinajstić information content (AvgIpc) is 4.18. The van der Waals surface area contributed by atoms with Gasteiger partial charge in [-0.25, -0.2) is 9.97 Å². The lowest BCUT2D eigenvalue weighted by Gasteiger charge is -2.36. The second-order valence-corrected chi connectivity index (χ2v) is 24.1. The van der Waals surface area contributed by atoms with E-state index in [2.05, 4.69) is 219 Å². The van der Waals surface area contributed by atoms with Crippen LogP contribution in [0.5, 0.6) is 0 Å². The van der Waals surface area contributed by atoms with Crippen molar-refractivity contribution in [1.29, 1.82) is 0 Å². The number of benzene rings is 6. The molecule has 4 aromatic heterocycles.